The summed E-state index contributed by atoms with van der Waals surface area (Å²) in [5.74, 6) is 2.44. The number of benzene rings is 1. The molecule has 0 bridgehead atoms. The van der Waals surface area contributed by atoms with Crippen molar-refractivity contribution >= 4 is 29.4 Å². The number of amides is 1. The number of nitrogens with zero attached hydrogens (tertiary/aromatic N) is 2. The molecule has 1 aliphatic rings. The second kappa shape index (κ2) is 7.88. The number of thioether (sulfide) groups is 2. The van der Waals surface area contributed by atoms with Gasteiger partial charge in [-0.2, -0.15) is 11.8 Å². The number of aromatic nitrogens is 2. The molecular weight excluding hydrogens is 333 g/mol. The molecule has 1 aromatic carbocycles. The van der Waals surface area contributed by atoms with Crippen LogP contribution in [0.4, 0.5) is 4.39 Å². The molecule has 1 amide bonds. The van der Waals surface area contributed by atoms with Gasteiger partial charge in [0.15, 0.2) is 5.16 Å². The van der Waals surface area contributed by atoms with E-state index in [2.05, 4.69) is 14.9 Å². The van der Waals surface area contributed by atoms with Crippen molar-refractivity contribution in [2.75, 3.05) is 11.5 Å². The van der Waals surface area contributed by atoms with Gasteiger partial charge in [0.25, 0.3) is 0 Å². The highest BCUT2D eigenvalue weighted by Crippen LogP contribution is 2.24. The minimum atomic E-state index is -0.221. The van der Waals surface area contributed by atoms with E-state index in [0.29, 0.717) is 13.0 Å². The second-order valence-electron chi connectivity index (χ2n) is 5.26. The summed E-state index contributed by atoms with van der Waals surface area (Å²) in [4.78, 5) is 16.3. The van der Waals surface area contributed by atoms with Crippen LogP contribution >= 0.6 is 23.5 Å². The lowest BCUT2D eigenvalue weighted by Gasteiger charge is -2.04. The van der Waals surface area contributed by atoms with Crippen LogP contribution in [0.25, 0.3) is 0 Å². The van der Waals surface area contributed by atoms with E-state index in [-0.39, 0.29) is 11.7 Å². The molecule has 1 N–H and O–H groups in total. The van der Waals surface area contributed by atoms with E-state index in [4.69, 9.17) is 0 Å². The summed E-state index contributed by atoms with van der Waals surface area (Å²) in [6.45, 7) is 1.49. The summed E-state index contributed by atoms with van der Waals surface area (Å²) < 4.78 is 14.9. The number of fused-ring (bicyclic) bond motifs is 1. The van der Waals surface area contributed by atoms with Crippen molar-refractivity contribution in [3.63, 3.8) is 0 Å². The number of carbonyl (C=O) groups excluding carboxylic acids is 1. The second-order valence-corrected chi connectivity index (χ2v) is 7.43. The predicted molar refractivity (Wildman–Crippen MR) is 92.0 cm³/mol. The van der Waals surface area contributed by atoms with Gasteiger partial charge in [-0.15, -0.1) is 0 Å². The summed E-state index contributed by atoms with van der Waals surface area (Å²) in [6.07, 6.45) is 2.49. The maximum Gasteiger partial charge on any atom is 0.221 e. The van der Waals surface area contributed by atoms with Crippen LogP contribution in [0.15, 0.2) is 35.6 Å². The zero-order chi connectivity index (χ0) is 16.1. The molecular formula is C16H18FN3OS2. The first-order valence-corrected chi connectivity index (χ1v) is 9.62. The van der Waals surface area contributed by atoms with Crippen molar-refractivity contribution < 1.29 is 9.18 Å². The first-order chi connectivity index (χ1) is 11.2. The maximum atomic E-state index is 12.8. The van der Waals surface area contributed by atoms with Crippen LogP contribution < -0.4 is 5.32 Å². The van der Waals surface area contributed by atoms with Crippen LogP contribution in [-0.4, -0.2) is 27.0 Å². The van der Waals surface area contributed by atoms with Crippen LogP contribution in [0.3, 0.4) is 0 Å². The lowest BCUT2D eigenvalue weighted by atomic mass is 10.2. The average Bonchev–Trinajstić information content (AvgIpc) is 3.12. The molecule has 1 aliphatic heterocycles. The quantitative estimate of drug-likeness (QED) is 0.779. The van der Waals surface area contributed by atoms with E-state index in [9.17, 15) is 9.18 Å². The molecule has 1 aromatic heterocycles. The fraction of sp³-hybridized carbons (Fsp3) is 0.375. The number of aryl methyl sites for hydroxylation is 1. The number of hydrogen-bond acceptors (Lipinski definition) is 4. The van der Waals surface area contributed by atoms with Gasteiger partial charge in [-0.3, -0.25) is 4.79 Å². The highest BCUT2D eigenvalue weighted by molar-refractivity contribution is 7.99. The topological polar surface area (TPSA) is 46.9 Å². The molecule has 0 spiro atoms. The first kappa shape index (κ1) is 16.4. The maximum absolute atomic E-state index is 12.8. The lowest BCUT2D eigenvalue weighted by molar-refractivity contribution is -0.120. The summed E-state index contributed by atoms with van der Waals surface area (Å²) in [7, 11) is 0. The number of nitrogens with one attached hydrogen (secondary N) is 1. The Morgan fingerprint density at radius 2 is 2.22 bits per heavy atom. The molecule has 0 fully saturated rings. The SMILES string of the molecule is O=C(CCSCc1ccc(F)cc1)NCc1cn2c(n1)SCC2. The minimum Gasteiger partial charge on any atom is -0.350 e. The van der Waals surface area contributed by atoms with E-state index in [1.807, 2.05) is 6.20 Å². The van der Waals surface area contributed by atoms with Gasteiger partial charge in [-0.05, 0) is 17.7 Å². The van der Waals surface area contributed by atoms with E-state index >= 15 is 0 Å². The Kier molecular flexibility index (Phi) is 5.61. The molecule has 0 aliphatic carbocycles. The van der Waals surface area contributed by atoms with Crippen LogP contribution in [0, 0.1) is 5.82 Å². The highest BCUT2D eigenvalue weighted by Gasteiger charge is 2.14. The van der Waals surface area contributed by atoms with Crippen LogP contribution in [0.5, 0.6) is 0 Å². The number of carbonyl (C=O) groups is 1. The van der Waals surface area contributed by atoms with Crippen LogP contribution in [0.2, 0.25) is 0 Å². The third-order valence-corrected chi connectivity index (χ3v) is 5.48. The third kappa shape index (κ3) is 4.75. The van der Waals surface area contributed by atoms with Gasteiger partial charge in [-0.25, -0.2) is 9.37 Å². The minimum absolute atomic E-state index is 0.0393. The Balaban J connectivity index is 1.32. The monoisotopic (exact) mass is 351 g/mol. The summed E-state index contributed by atoms with van der Waals surface area (Å²) in [5, 5.41) is 3.95. The number of rotatable bonds is 7. The van der Waals surface area contributed by atoms with Crippen molar-refractivity contribution in [3.8, 4) is 0 Å². The predicted octanol–water partition coefficient (Wildman–Crippen LogP) is 3.07. The standard InChI is InChI=1S/C16H18FN3OS2/c17-13-3-1-12(2-4-13)11-22-7-5-15(21)18-9-14-10-20-6-8-23-16(20)19-14/h1-4,10H,5-9,11H2,(H,18,21). The summed E-state index contributed by atoms with van der Waals surface area (Å²) in [5.41, 5.74) is 1.99. The number of halogens is 1. The molecule has 0 atom stereocenters. The molecule has 3 rings (SSSR count). The fourth-order valence-electron chi connectivity index (χ4n) is 2.26. The van der Waals surface area contributed by atoms with E-state index < -0.39 is 0 Å². The fourth-order valence-corrected chi connectivity index (χ4v) is 4.12. The Morgan fingerprint density at radius 3 is 3.00 bits per heavy atom. The summed E-state index contributed by atoms with van der Waals surface area (Å²) in [6, 6.07) is 6.48. The third-order valence-electron chi connectivity index (χ3n) is 3.48. The largest absolute Gasteiger partial charge is 0.350 e. The smallest absolute Gasteiger partial charge is 0.221 e. The Bertz CT molecular complexity index is 651. The van der Waals surface area contributed by atoms with Gasteiger partial charge in [0, 0.05) is 36.4 Å². The summed E-state index contributed by atoms with van der Waals surface area (Å²) >= 11 is 3.43. The zero-order valence-electron chi connectivity index (χ0n) is 12.6. The molecule has 122 valence electrons. The average molecular weight is 351 g/mol. The van der Waals surface area contributed by atoms with Crippen molar-refractivity contribution in [1.29, 1.82) is 0 Å². The molecule has 0 radical (unpaired) electrons. The van der Waals surface area contributed by atoms with Gasteiger partial charge in [-0.1, -0.05) is 23.9 Å². The molecule has 23 heavy (non-hydrogen) atoms. The van der Waals surface area contributed by atoms with Gasteiger partial charge in [0.1, 0.15) is 5.82 Å². The van der Waals surface area contributed by atoms with E-state index in [0.717, 1.165) is 40.2 Å². The molecule has 0 saturated carbocycles. The highest BCUT2D eigenvalue weighted by atomic mass is 32.2. The normalized spacial score (nSPS) is 13.1. The van der Waals surface area contributed by atoms with Gasteiger partial charge < -0.3 is 9.88 Å². The van der Waals surface area contributed by atoms with E-state index in [1.165, 1.54) is 12.1 Å². The van der Waals surface area contributed by atoms with Crippen LogP contribution in [0.1, 0.15) is 17.7 Å². The molecule has 2 heterocycles. The molecule has 0 saturated heterocycles. The van der Waals surface area contributed by atoms with Crippen LogP contribution in [-0.2, 0) is 23.6 Å². The number of hydrogen-bond donors (Lipinski definition) is 1. The van der Waals surface area contributed by atoms with Crippen molar-refractivity contribution in [2.45, 2.75) is 30.4 Å². The molecule has 4 nitrogen and oxygen atoms in total. The van der Waals surface area contributed by atoms with Gasteiger partial charge in [0.2, 0.25) is 5.91 Å². The van der Waals surface area contributed by atoms with Gasteiger partial charge >= 0.3 is 0 Å². The van der Waals surface area contributed by atoms with E-state index in [1.54, 1.807) is 35.7 Å². The Hall–Kier alpha value is -1.47. The van der Waals surface area contributed by atoms with Gasteiger partial charge in [0.05, 0.1) is 12.2 Å². The molecule has 2 aromatic rings. The van der Waals surface area contributed by atoms with Crippen molar-refractivity contribution in [3.05, 3.63) is 47.5 Å². The molecule has 0 unspecified atom stereocenters. The first-order valence-electron chi connectivity index (χ1n) is 7.48. The van der Waals surface area contributed by atoms with Crippen molar-refractivity contribution in [2.24, 2.45) is 0 Å². The number of imidazole rings is 1. The Labute approximate surface area is 143 Å². The molecule has 7 heteroatoms. The Morgan fingerprint density at radius 1 is 1.39 bits per heavy atom. The lowest BCUT2D eigenvalue weighted by Crippen LogP contribution is -2.23. The zero-order valence-corrected chi connectivity index (χ0v) is 14.3. The van der Waals surface area contributed by atoms with Crippen molar-refractivity contribution in [1.82, 2.24) is 14.9 Å².